The van der Waals surface area contributed by atoms with E-state index >= 15 is 0 Å². The summed E-state index contributed by atoms with van der Waals surface area (Å²) in [5.41, 5.74) is 9.05. The second-order valence-electron chi connectivity index (χ2n) is 10.9. The first kappa shape index (κ1) is 24.6. The second-order valence-corrected chi connectivity index (χ2v) is 10.9. The number of hydrogen-bond acceptors (Lipinski definition) is 4. The molecule has 0 fully saturated rings. The minimum atomic E-state index is -0.189. The Morgan fingerprint density at radius 2 is 1.46 bits per heavy atom. The first-order valence-corrected chi connectivity index (χ1v) is 13.1. The highest BCUT2D eigenvalue weighted by Gasteiger charge is 2.23. The Morgan fingerprint density at radius 1 is 0.718 bits per heavy atom. The van der Waals surface area contributed by atoms with Gasteiger partial charge in [-0.25, -0.2) is 4.98 Å². The molecule has 0 aliphatic rings. The molecule has 3 aromatic carbocycles. The van der Waals surface area contributed by atoms with Gasteiger partial charge in [-0.05, 0) is 40.8 Å². The molecular formula is C34H30N4O. The zero-order valence-electron chi connectivity index (χ0n) is 22.6. The summed E-state index contributed by atoms with van der Waals surface area (Å²) in [6, 6.07) is 30.5. The van der Waals surface area contributed by atoms with Crippen molar-refractivity contribution >= 4 is 11.0 Å². The van der Waals surface area contributed by atoms with Crippen molar-refractivity contribution in [1.29, 1.82) is 0 Å². The van der Waals surface area contributed by atoms with Crippen LogP contribution in [0.15, 0.2) is 103 Å². The maximum atomic E-state index is 11.2. The molecule has 0 aliphatic heterocycles. The van der Waals surface area contributed by atoms with Crippen molar-refractivity contribution in [2.24, 2.45) is 7.05 Å². The predicted molar refractivity (Wildman–Crippen MR) is 158 cm³/mol. The predicted octanol–water partition coefficient (Wildman–Crippen LogP) is 8.03. The van der Waals surface area contributed by atoms with E-state index in [-0.39, 0.29) is 11.2 Å². The number of hydrogen-bond donors (Lipinski definition) is 1. The highest BCUT2D eigenvalue weighted by Crippen LogP contribution is 2.39. The van der Waals surface area contributed by atoms with Gasteiger partial charge in [0.25, 0.3) is 0 Å². The fourth-order valence-corrected chi connectivity index (χ4v) is 5.09. The Kier molecular flexibility index (Phi) is 5.99. The van der Waals surface area contributed by atoms with E-state index < -0.39 is 0 Å². The van der Waals surface area contributed by atoms with E-state index in [0.717, 1.165) is 50.2 Å². The number of aryl methyl sites for hydroxylation is 1. The van der Waals surface area contributed by atoms with Gasteiger partial charge in [0, 0.05) is 36.1 Å². The number of imidazole rings is 1. The third-order valence-electron chi connectivity index (χ3n) is 7.19. The van der Waals surface area contributed by atoms with Crippen molar-refractivity contribution in [3.05, 3.63) is 109 Å². The summed E-state index contributed by atoms with van der Waals surface area (Å²) in [5.74, 6) is 0.974. The lowest BCUT2D eigenvalue weighted by atomic mass is 9.85. The molecule has 0 bridgehead atoms. The SMILES string of the molecule is Cn1c(-c2cccc(C(C)(C)C)c2O)nc2c(-c3cccc(-c4ccc(-c5ccccc5)cn4)c3)nccc21. The minimum absolute atomic E-state index is 0.189. The van der Waals surface area contributed by atoms with Gasteiger partial charge < -0.3 is 9.67 Å². The zero-order chi connectivity index (χ0) is 27.1. The molecule has 192 valence electrons. The van der Waals surface area contributed by atoms with Crippen LogP contribution in [0.3, 0.4) is 0 Å². The molecule has 6 aromatic rings. The number of phenolic OH excluding ortho intramolecular Hbond substituents is 1. The number of phenols is 1. The molecule has 0 saturated heterocycles. The zero-order valence-corrected chi connectivity index (χ0v) is 22.6. The van der Waals surface area contributed by atoms with Crippen LogP contribution in [-0.2, 0) is 12.5 Å². The number of aromatic hydroxyl groups is 1. The standard InChI is InChI=1S/C34H30N4O/c1-34(2,3)27-15-9-14-26(32(27)39)33-37-31-29(38(33)4)18-19-35-30(31)24-13-8-12-23(20-24)28-17-16-25(21-36-28)22-10-6-5-7-11-22/h5-21,39H,1-4H3. The van der Waals surface area contributed by atoms with Crippen molar-refractivity contribution < 1.29 is 5.11 Å². The lowest BCUT2D eigenvalue weighted by molar-refractivity contribution is 0.448. The molecular weight excluding hydrogens is 480 g/mol. The highest BCUT2D eigenvalue weighted by molar-refractivity contribution is 5.93. The van der Waals surface area contributed by atoms with Gasteiger partial charge in [0.1, 0.15) is 17.1 Å². The molecule has 39 heavy (non-hydrogen) atoms. The number of benzene rings is 3. The number of pyridine rings is 2. The van der Waals surface area contributed by atoms with E-state index in [4.69, 9.17) is 15.0 Å². The molecule has 3 heterocycles. The van der Waals surface area contributed by atoms with Crippen LogP contribution in [-0.4, -0.2) is 24.6 Å². The topological polar surface area (TPSA) is 63.8 Å². The van der Waals surface area contributed by atoms with E-state index in [2.05, 4.69) is 63.2 Å². The Labute approximate surface area is 228 Å². The van der Waals surface area contributed by atoms with Crippen LogP contribution in [0.1, 0.15) is 26.3 Å². The lowest BCUT2D eigenvalue weighted by Crippen LogP contribution is -2.11. The van der Waals surface area contributed by atoms with Crippen molar-refractivity contribution in [1.82, 2.24) is 19.5 Å². The molecule has 5 heteroatoms. The van der Waals surface area contributed by atoms with Gasteiger partial charge in [-0.15, -0.1) is 0 Å². The monoisotopic (exact) mass is 510 g/mol. The number of rotatable bonds is 4. The Bertz CT molecular complexity index is 1800. The fraction of sp³-hybridized carbons (Fsp3) is 0.147. The molecule has 3 aromatic heterocycles. The van der Waals surface area contributed by atoms with E-state index in [1.165, 1.54) is 0 Å². The summed E-state index contributed by atoms with van der Waals surface area (Å²) < 4.78 is 2.02. The van der Waals surface area contributed by atoms with Crippen molar-refractivity contribution in [2.45, 2.75) is 26.2 Å². The van der Waals surface area contributed by atoms with Crippen molar-refractivity contribution in [2.75, 3.05) is 0 Å². The second kappa shape index (κ2) is 9.52. The quantitative estimate of drug-likeness (QED) is 0.261. The molecule has 0 saturated carbocycles. The summed E-state index contributed by atoms with van der Waals surface area (Å²) in [6.45, 7) is 6.29. The summed E-state index contributed by atoms with van der Waals surface area (Å²) >= 11 is 0. The molecule has 1 N–H and O–H groups in total. The van der Waals surface area contributed by atoms with Gasteiger partial charge in [0.05, 0.1) is 22.5 Å². The molecule has 0 unspecified atom stereocenters. The first-order chi connectivity index (χ1) is 18.8. The smallest absolute Gasteiger partial charge is 0.144 e. The first-order valence-electron chi connectivity index (χ1n) is 13.1. The normalized spacial score (nSPS) is 11.7. The average molecular weight is 511 g/mol. The van der Waals surface area contributed by atoms with Crippen molar-refractivity contribution in [3.8, 4) is 50.8 Å². The molecule has 0 spiro atoms. The summed E-state index contributed by atoms with van der Waals surface area (Å²) in [7, 11) is 1.98. The number of nitrogens with zero attached hydrogens (tertiary/aromatic N) is 4. The van der Waals surface area contributed by atoms with Crippen LogP contribution < -0.4 is 0 Å². The van der Waals surface area contributed by atoms with Crippen molar-refractivity contribution in [3.63, 3.8) is 0 Å². The summed E-state index contributed by atoms with van der Waals surface area (Å²) in [4.78, 5) is 14.5. The molecule has 0 amide bonds. The van der Waals surface area contributed by atoms with E-state index in [9.17, 15) is 5.11 Å². The van der Waals surface area contributed by atoms with Crippen LogP contribution in [0.25, 0.3) is 56.1 Å². The van der Waals surface area contributed by atoms with Crippen LogP contribution in [0.2, 0.25) is 0 Å². The highest BCUT2D eigenvalue weighted by atomic mass is 16.3. The molecule has 0 radical (unpaired) electrons. The van der Waals surface area contributed by atoms with Gasteiger partial charge in [-0.3, -0.25) is 9.97 Å². The fourth-order valence-electron chi connectivity index (χ4n) is 5.09. The van der Waals surface area contributed by atoms with Crippen LogP contribution in [0.4, 0.5) is 0 Å². The van der Waals surface area contributed by atoms with Gasteiger partial charge in [-0.2, -0.15) is 0 Å². The molecule has 6 rings (SSSR count). The number of fused-ring (bicyclic) bond motifs is 1. The van der Waals surface area contributed by atoms with E-state index in [1.807, 2.05) is 72.5 Å². The lowest BCUT2D eigenvalue weighted by Gasteiger charge is -2.21. The number of para-hydroxylation sites is 1. The summed E-state index contributed by atoms with van der Waals surface area (Å²) in [6.07, 6.45) is 3.73. The third kappa shape index (κ3) is 4.46. The Morgan fingerprint density at radius 3 is 2.21 bits per heavy atom. The third-order valence-corrected chi connectivity index (χ3v) is 7.19. The minimum Gasteiger partial charge on any atom is -0.507 e. The van der Waals surface area contributed by atoms with Crippen LogP contribution >= 0.6 is 0 Å². The van der Waals surface area contributed by atoms with Crippen LogP contribution in [0, 0.1) is 0 Å². The van der Waals surface area contributed by atoms with Gasteiger partial charge in [0.2, 0.25) is 0 Å². The van der Waals surface area contributed by atoms with Gasteiger partial charge >= 0.3 is 0 Å². The number of aromatic nitrogens is 4. The Balaban J connectivity index is 1.42. The summed E-state index contributed by atoms with van der Waals surface area (Å²) in [5, 5.41) is 11.2. The molecule has 5 nitrogen and oxygen atoms in total. The van der Waals surface area contributed by atoms with E-state index in [1.54, 1.807) is 0 Å². The van der Waals surface area contributed by atoms with Gasteiger partial charge in [-0.1, -0.05) is 87.5 Å². The maximum Gasteiger partial charge on any atom is 0.144 e. The largest absolute Gasteiger partial charge is 0.507 e. The molecule has 0 atom stereocenters. The maximum absolute atomic E-state index is 11.2. The van der Waals surface area contributed by atoms with E-state index in [0.29, 0.717) is 11.4 Å². The Hall–Kier alpha value is -4.77. The van der Waals surface area contributed by atoms with Crippen LogP contribution in [0.5, 0.6) is 5.75 Å². The van der Waals surface area contributed by atoms with Gasteiger partial charge in [0.15, 0.2) is 0 Å². The molecule has 0 aliphatic carbocycles. The average Bonchev–Trinajstić information content (AvgIpc) is 3.29.